The number of likely N-dealkylation sites (tertiary alicyclic amines) is 2. The van der Waals surface area contributed by atoms with Gasteiger partial charge in [0.2, 0.25) is 23.6 Å². The molecule has 5 amide bonds. The van der Waals surface area contributed by atoms with E-state index < -0.39 is 126 Å². The highest BCUT2D eigenvalue weighted by Crippen LogP contribution is 2.67. The summed E-state index contributed by atoms with van der Waals surface area (Å²) in [6, 6.07) is -1.97. The number of allylic oxidation sites excluding steroid dienone is 1. The molecule has 0 aromatic heterocycles. The molecule has 3 saturated carbocycles. The van der Waals surface area contributed by atoms with Crippen LogP contribution in [0.4, 0.5) is 4.79 Å². The Morgan fingerprint density at radius 2 is 1.24 bits per heavy atom. The number of nitrogens with zero attached hydrogens (tertiary/aromatic N) is 2. The topological polar surface area (TPSA) is 407 Å². The van der Waals surface area contributed by atoms with Gasteiger partial charge >= 0.3 is 21.1 Å². The van der Waals surface area contributed by atoms with Gasteiger partial charge in [-0.2, -0.15) is 0 Å². The molecule has 4 aliphatic carbocycles. The summed E-state index contributed by atoms with van der Waals surface area (Å²) in [4.78, 5) is 94.1. The van der Waals surface area contributed by atoms with Crippen molar-refractivity contribution in [2.45, 2.75) is 340 Å². The van der Waals surface area contributed by atoms with Crippen LogP contribution in [0.25, 0.3) is 0 Å². The molecule has 114 heavy (non-hydrogen) atoms. The number of carbonyl (C=O) groups is 6. The molecule has 4 saturated heterocycles. The van der Waals surface area contributed by atoms with Crippen LogP contribution in [-0.2, 0) is 82.1 Å². The molecule has 25 atom stereocenters. The number of alkyl carbamates (subject to hydrolysis) is 1. The van der Waals surface area contributed by atoms with E-state index in [2.05, 4.69) is 56.6 Å². The van der Waals surface area contributed by atoms with Gasteiger partial charge in [-0.25, -0.2) is 4.79 Å². The molecule has 4 aliphatic heterocycles. The fraction of sp³-hybridized carbons (Fsp3) is 0.902. The lowest BCUT2D eigenvalue weighted by Gasteiger charge is -2.58. The highest BCUT2D eigenvalue weighted by Gasteiger charge is 2.60. The number of ketones is 1. The number of hydrogen-bond donors (Lipinski definition) is 11. The molecule has 0 aromatic carbocycles. The summed E-state index contributed by atoms with van der Waals surface area (Å²) in [5.41, 5.74) is 2.07. The summed E-state index contributed by atoms with van der Waals surface area (Å²) in [6.07, 6.45) is 13.7. The Morgan fingerprint density at radius 1 is 0.649 bits per heavy atom. The van der Waals surface area contributed by atoms with Crippen molar-refractivity contribution in [1.82, 2.24) is 25.8 Å². The standard InChI is InChI=1S/C82H141N5O24P2S/c1-52(2)23-22-24-53(3)63-33-34-64-62-32-31-56-43-60(35-37-81(56,6)65(62)36-38-82(63,64)7)108-80(100)84-40-18-11-14-30-73(95)87-47-61(45-58(87)51-107-113(102,114)103-8)111-112(101)106-50-57-44-59(90)46-86(57)72(94)29-13-10-9-12-26-67(91)66(85-71(93)28-17-21-42-105-79-55(5)75(97)77(99)69(49-89)110-79)25-15-19-39-83-70(92)27-16-20-41-104-78-54(4)74(96)76(98)68(48-88)109-78/h31,52-55,57-66,68-69,74-79,88-90,96-99H,9-30,32-51H2,1-8H3,(H3-,83,84,85,92,93,100,102,114)/p+1/t53-,54?,55?,57+,58+,59-,60?,61?,62?,63-,64?,65?,66+,68?,69?,74?,75?,76?,77?,78?,79?,81+,82-,113?/m1/s1. The monoisotopic (exact) mass is 1670 g/mol. The Kier molecular flexibility index (Phi) is 39.8. The van der Waals surface area contributed by atoms with Gasteiger partial charge < -0.3 is 99.1 Å². The van der Waals surface area contributed by atoms with Gasteiger partial charge in [-0.1, -0.05) is 98.6 Å². The van der Waals surface area contributed by atoms with Crippen molar-refractivity contribution < 1.29 is 116 Å². The number of nitrogens with one attached hydrogen (secondary N) is 3. The van der Waals surface area contributed by atoms with Gasteiger partial charge in [0.05, 0.1) is 62.8 Å². The molecular weight excluding hydrogens is 1530 g/mol. The molecule has 654 valence electrons. The lowest BCUT2D eigenvalue weighted by atomic mass is 9.47. The molecule has 29 nitrogen and oxygen atoms in total. The fourth-order valence-electron chi connectivity index (χ4n) is 19.8. The molecule has 17 unspecified atom stereocenters. The lowest BCUT2D eigenvalue weighted by molar-refractivity contribution is -0.282. The summed E-state index contributed by atoms with van der Waals surface area (Å²) < 4.78 is 64.5. The molecule has 0 spiro atoms. The van der Waals surface area contributed by atoms with Crippen molar-refractivity contribution in [3.63, 3.8) is 0 Å². The summed E-state index contributed by atoms with van der Waals surface area (Å²) in [7, 11) is -1.52. The maximum atomic E-state index is 13.9. The first-order valence-electron chi connectivity index (χ1n) is 43.2. The van der Waals surface area contributed by atoms with Gasteiger partial charge in [0.1, 0.15) is 43.2 Å². The number of aliphatic hydroxyl groups excluding tert-OH is 7. The van der Waals surface area contributed by atoms with Crippen LogP contribution in [0.15, 0.2) is 11.6 Å². The Morgan fingerprint density at radius 3 is 1.87 bits per heavy atom. The molecule has 4 heterocycles. The summed E-state index contributed by atoms with van der Waals surface area (Å²) in [6.45, 7) is 12.1. The maximum Gasteiger partial charge on any atom is 0.697 e. The molecular formula is C82H142N5O24P2S+. The smallest absolute Gasteiger partial charge is 0.446 e. The van der Waals surface area contributed by atoms with Gasteiger partial charge in [-0.3, -0.25) is 24.0 Å². The summed E-state index contributed by atoms with van der Waals surface area (Å²) >= 11 is 5.09. The predicted molar refractivity (Wildman–Crippen MR) is 429 cm³/mol. The summed E-state index contributed by atoms with van der Waals surface area (Å²) in [5.74, 6) is 2.42. The minimum absolute atomic E-state index is 0.0607. The Bertz CT molecular complexity index is 3110. The van der Waals surface area contributed by atoms with Crippen LogP contribution in [-0.4, -0.2) is 245 Å². The largest absolute Gasteiger partial charge is 0.697 e. The highest BCUT2D eigenvalue weighted by atomic mass is 32.5. The van der Waals surface area contributed by atoms with E-state index in [1.165, 1.54) is 62.5 Å². The zero-order valence-corrected chi connectivity index (χ0v) is 71.9. The van der Waals surface area contributed by atoms with Gasteiger partial charge in [-0.15, -0.1) is 9.05 Å². The number of aliphatic hydroxyl groups is 7. The average molecular weight is 1680 g/mol. The number of unbranched alkanes of at least 4 members (excludes halogenated alkanes) is 8. The second-order valence-electron chi connectivity index (χ2n) is 35.1. The van der Waals surface area contributed by atoms with Crippen molar-refractivity contribution in [3.8, 4) is 0 Å². The minimum Gasteiger partial charge on any atom is -0.446 e. The number of Topliss-reactive ketones (excluding diaryl/α,β-unsaturated/α-hetero) is 1. The van der Waals surface area contributed by atoms with Crippen LogP contribution < -0.4 is 16.0 Å². The van der Waals surface area contributed by atoms with Crippen LogP contribution in [0.1, 0.15) is 254 Å². The maximum absolute atomic E-state index is 13.9. The number of hydrogen-bond acceptors (Lipinski definition) is 24. The SMILES string of the molecule is COP(O)(=S)OC[C@@H]1CC(O[P+](=O)OC[C@@H]2C[C@@H](O)CN2C(=O)CCCCCCC(=O)[C@H](CCCCNC(=O)CCCCOC2OC(CO)C(O)C(O)C2C)NC(=O)CCCCOC2OC(CO)C(O)C(O)C2C)CN1C(=O)CCCCCNC(=O)OC1CC[C@@]2(C)C(=CCC3C2CC[C@@]2(C)C3CC[C@@H]2[C@H](C)CCCC(C)C)C1. The predicted octanol–water partition coefficient (Wildman–Crippen LogP) is 9.39. The zero-order valence-electron chi connectivity index (χ0n) is 69.3. The second kappa shape index (κ2) is 47.2. The van der Waals surface area contributed by atoms with Crippen LogP contribution in [0.5, 0.6) is 0 Å². The van der Waals surface area contributed by atoms with Crippen molar-refractivity contribution in [2.24, 2.45) is 58.2 Å². The van der Waals surface area contributed by atoms with Gasteiger partial charge in [0, 0.05) is 101 Å². The molecule has 0 radical (unpaired) electrons. The van der Waals surface area contributed by atoms with E-state index in [1.54, 1.807) is 18.7 Å². The van der Waals surface area contributed by atoms with Gasteiger partial charge in [0.25, 0.3) is 0 Å². The van der Waals surface area contributed by atoms with Gasteiger partial charge in [-0.05, 0) is 180 Å². The van der Waals surface area contributed by atoms with Crippen molar-refractivity contribution in [1.29, 1.82) is 0 Å². The number of β-amino-alcohol motifs (C(OH)–C–C–N with tert-alkyl or cyclic N) is 1. The van der Waals surface area contributed by atoms with E-state index in [0.717, 1.165) is 55.3 Å². The third-order valence-electron chi connectivity index (χ3n) is 26.6. The molecule has 11 N–H and O–H groups in total. The number of amides is 5. The van der Waals surface area contributed by atoms with E-state index in [0.29, 0.717) is 114 Å². The van der Waals surface area contributed by atoms with Gasteiger partial charge in [0.15, 0.2) is 18.4 Å². The Balaban J connectivity index is 0.708. The Labute approximate surface area is 682 Å². The average Bonchev–Trinajstić information content (AvgIpc) is 1.47. The van der Waals surface area contributed by atoms with Crippen LogP contribution >= 0.6 is 15.0 Å². The quantitative estimate of drug-likeness (QED) is 0.0153. The number of fused-ring (bicyclic) bond motifs is 5. The normalized spacial score (nSPS) is 33.3. The first-order chi connectivity index (χ1) is 54.4. The van der Waals surface area contributed by atoms with Crippen LogP contribution in [0.2, 0.25) is 0 Å². The van der Waals surface area contributed by atoms with Crippen molar-refractivity contribution in [3.05, 3.63) is 11.6 Å². The van der Waals surface area contributed by atoms with Crippen LogP contribution in [0.3, 0.4) is 0 Å². The lowest BCUT2D eigenvalue weighted by Crippen LogP contribution is -2.55. The summed E-state index contributed by atoms with van der Waals surface area (Å²) in [5, 5.41) is 79.6. The number of carbonyl (C=O) groups excluding carboxylic acids is 6. The van der Waals surface area contributed by atoms with E-state index in [-0.39, 0.29) is 125 Å². The molecule has 8 rings (SSSR count). The molecule has 0 aromatic rings. The third-order valence-corrected chi connectivity index (χ3v) is 29.1. The number of rotatable bonds is 49. The first kappa shape index (κ1) is 96.1. The fourth-order valence-corrected chi connectivity index (χ4v) is 21.2. The van der Waals surface area contributed by atoms with E-state index in [1.807, 2.05) is 0 Å². The van der Waals surface area contributed by atoms with E-state index >= 15 is 0 Å². The third kappa shape index (κ3) is 27.9. The van der Waals surface area contributed by atoms with Crippen LogP contribution in [0, 0.1) is 58.2 Å². The second-order valence-corrected chi connectivity index (χ2v) is 39.0. The van der Waals surface area contributed by atoms with E-state index in [9.17, 15) is 74.0 Å². The van der Waals surface area contributed by atoms with E-state index in [4.69, 9.17) is 53.6 Å². The first-order valence-corrected chi connectivity index (χ1v) is 46.9. The van der Waals surface area contributed by atoms with Crippen molar-refractivity contribution in [2.75, 3.05) is 72.9 Å². The molecule has 32 heteroatoms. The molecule has 8 aliphatic rings. The van der Waals surface area contributed by atoms with Crippen molar-refractivity contribution >= 4 is 62.3 Å². The number of ether oxygens (including phenoxy) is 5. The Hall–Kier alpha value is -3.33. The molecule has 7 fully saturated rings. The highest BCUT2D eigenvalue weighted by molar-refractivity contribution is 8.07. The zero-order chi connectivity index (χ0) is 82.9. The minimum atomic E-state index is -3.60. The molecule has 0 bridgehead atoms.